The van der Waals surface area contributed by atoms with E-state index in [-0.39, 0.29) is 5.03 Å². The topological polar surface area (TPSA) is 0 Å². The molecule has 40 valence electrons. The summed E-state index contributed by atoms with van der Waals surface area (Å²) < 4.78 is 11.7. The highest BCUT2D eigenvalue weighted by molar-refractivity contribution is 6.31. The molecule has 0 aromatic rings. The van der Waals surface area contributed by atoms with Gasteiger partial charge < -0.3 is 0 Å². The number of rotatable bonds is 1. The molecule has 0 aromatic carbocycles. The van der Waals surface area contributed by atoms with E-state index in [9.17, 15) is 4.39 Å². The Bertz CT molecular complexity index is 105. The third-order valence-electron chi connectivity index (χ3n) is 0.513. The first kappa shape index (κ1) is 6.70. The van der Waals surface area contributed by atoms with E-state index in [1.165, 1.54) is 6.08 Å². The van der Waals surface area contributed by atoms with Gasteiger partial charge in [-0.15, -0.1) is 0 Å². The van der Waals surface area contributed by atoms with Crippen molar-refractivity contribution in [2.24, 2.45) is 0 Å². The van der Waals surface area contributed by atoms with Gasteiger partial charge in [0.15, 0.2) is 0 Å². The number of hydrogen-bond acceptors (Lipinski definition) is 0. The standard InChI is InChI=1S/C5H6ClF/c1-3-5(6)4(2)7/h3H,2H2,1H3/b5-3-. The van der Waals surface area contributed by atoms with E-state index in [4.69, 9.17) is 11.6 Å². The minimum absolute atomic E-state index is 0.0833. The van der Waals surface area contributed by atoms with Crippen molar-refractivity contribution in [2.75, 3.05) is 0 Å². The highest BCUT2D eigenvalue weighted by atomic mass is 35.5. The van der Waals surface area contributed by atoms with Gasteiger partial charge in [0.25, 0.3) is 0 Å². The van der Waals surface area contributed by atoms with E-state index in [1.807, 2.05) is 0 Å². The summed E-state index contributed by atoms with van der Waals surface area (Å²) in [6, 6.07) is 0. The first-order valence-corrected chi connectivity index (χ1v) is 2.23. The SMILES string of the molecule is C=C(F)/C(Cl)=C/C. The maximum Gasteiger partial charge on any atom is 0.134 e. The van der Waals surface area contributed by atoms with E-state index in [1.54, 1.807) is 6.92 Å². The van der Waals surface area contributed by atoms with Crippen LogP contribution in [-0.4, -0.2) is 0 Å². The molecule has 0 nitrogen and oxygen atoms in total. The highest BCUT2D eigenvalue weighted by Gasteiger charge is 1.90. The third kappa shape index (κ3) is 2.40. The van der Waals surface area contributed by atoms with Crippen LogP contribution in [0.25, 0.3) is 0 Å². The van der Waals surface area contributed by atoms with Gasteiger partial charge in [-0.2, -0.15) is 0 Å². The van der Waals surface area contributed by atoms with E-state index in [2.05, 4.69) is 6.58 Å². The smallest absolute Gasteiger partial charge is 0.134 e. The van der Waals surface area contributed by atoms with Crippen LogP contribution in [0.4, 0.5) is 4.39 Å². The summed E-state index contributed by atoms with van der Waals surface area (Å²) >= 11 is 5.19. The number of hydrogen-bond donors (Lipinski definition) is 0. The molecule has 0 unspecified atom stereocenters. The van der Waals surface area contributed by atoms with E-state index in [0.29, 0.717) is 0 Å². The number of halogens is 2. The zero-order valence-corrected chi connectivity index (χ0v) is 4.80. The summed E-state index contributed by atoms with van der Waals surface area (Å²) in [7, 11) is 0. The van der Waals surface area contributed by atoms with Gasteiger partial charge in [0.05, 0.1) is 5.03 Å². The van der Waals surface area contributed by atoms with E-state index >= 15 is 0 Å². The summed E-state index contributed by atoms with van der Waals surface area (Å²) in [5.74, 6) is -0.579. The van der Waals surface area contributed by atoms with Gasteiger partial charge in [0.1, 0.15) is 5.83 Å². The highest BCUT2D eigenvalue weighted by Crippen LogP contribution is 2.11. The van der Waals surface area contributed by atoms with Crippen molar-refractivity contribution in [2.45, 2.75) is 6.92 Å². The Labute approximate surface area is 47.3 Å². The monoisotopic (exact) mass is 120 g/mol. The van der Waals surface area contributed by atoms with E-state index < -0.39 is 5.83 Å². The minimum Gasteiger partial charge on any atom is -0.206 e. The number of allylic oxidation sites excluding steroid dienone is 3. The summed E-state index contributed by atoms with van der Waals surface area (Å²) in [5, 5.41) is 0.0833. The second-order valence-electron chi connectivity index (χ2n) is 1.04. The average Bonchev–Trinajstić information content (AvgIpc) is 1.65. The molecule has 0 fully saturated rings. The zero-order chi connectivity index (χ0) is 5.86. The third-order valence-corrected chi connectivity index (χ3v) is 0.936. The molecule has 0 atom stereocenters. The molecular formula is C5H6ClF. The molecule has 0 bridgehead atoms. The van der Waals surface area contributed by atoms with Crippen LogP contribution in [0.15, 0.2) is 23.5 Å². The molecule has 0 aliphatic carbocycles. The molecule has 0 saturated heterocycles. The van der Waals surface area contributed by atoms with Crippen LogP contribution in [0, 0.1) is 0 Å². The van der Waals surface area contributed by atoms with Crippen LogP contribution in [0.5, 0.6) is 0 Å². The maximum atomic E-state index is 11.7. The molecule has 7 heavy (non-hydrogen) atoms. The Morgan fingerprint density at radius 3 is 2.29 bits per heavy atom. The summed E-state index contributed by atoms with van der Waals surface area (Å²) in [6.07, 6.45) is 1.45. The normalized spacial score (nSPS) is 11.6. The first-order valence-electron chi connectivity index (χ1n) is 1.85. The fourth-order valence-corrected chi connectivity index (χ4v) is 0.157. The lowest BCUT2D eigenvalue weighted by Crippen LogP contribution is -1.64. The molecule has 0 N–H and O–H groups in total. The van der Waals surface area contributed by atoms with Crippen LogP contribution in [0.1, 0.15) is 6.92 Å². The minimum atomic E-state index is -0.579. The van der Waals surface area contributed by atoms with Gasteiger partial charge >= 0.3 is 0 Å². The van der Waals surface area contributed by atoms with Crippen molar-refractivity contribution in [3.05, 3.63) is 23.5 Å². The van der Waals surface area contributed by atoms with Gasteiger partial charge in [0, 0.05) is 0 Å². The molecule has 0 amide bonds. The predicted octanol–water partition coefficient (Wildman–Crippen LogP) is 2.61. The van der Waals surface area contributed by atoms with E-state index in [0.717, 1.165) is 0 Å². The van der Waals surface area contributed by atoms with Gasteiger partial charge in [0.2, 0.25) is 0 Å². The Balaban J connectivity index is 3.82. The Morgan fingerprint density at radius 2 is 2.29 bits per heavy atom. The molecule has 0 saturated carbocycles. The average molecular weight is 121 g/mol. The quantitative estimate of drug-likeness (QED) is 0.467. The second-order valence-corrected chi connectivity index (χ2v) is 1.45. The van der Waals surface area contributed by atoms with Gasteiger partial charge in [-0.3, -0.25) is 0 Å². The van der Waals surface area contributed by atoms with Gasteiger partial charge in [-0.1, -0.05) is 24.3 Å². The van der Waals surface area contributed by atoms with Crippen LogP contribution >= 0.6 is 11.6 Å². The summed E-state index contributed by atoms with van der Waals surface area (Å²) in [4.78, 5) is 0. The molecule has 0 aliphatic rings. The molecule has 0 rings (SSSR count). The molecule has 2 heteroatoms. The van der Waals surface area contributed by atoms with Crippen LogP contribution in [-0.2, 0) is 0 Å². The largest absolute Gasteiger partial charge is 0.206 e. The molecular weight excluding hydrogens is 115 g/mol. The molecule has 0 aliphatic heterocycles. The molecule has 0 aromatic heterocycles. The lowest BCUT2D eigenvalue weighted by atomic mass is 10.5. The van der Waals surface area contributed by atoms with Crippen molar-refractivity contribution >= 4 is 11.6 Å². The second kappa shape index (κ2) is 2.80. The fraction of sp³-hybridized carbons (Fsp3) is 0.200. The van der Waals surface area contributed by atoms with Crippen molar-refractivity contribution < 1.29 is 4.39 Å². The van der Waals surface area contributed by atoms with Crippen molar-refractivity contribution in [3.63, 3.8) is 0 Å². The molecule has 0 heterocycles. The molecule has 0 spiro atoms. The Hall–Kier alpha value is -0.300. The van der Waals surface area contributed by atoms with Crippen molar-refractivity contribution in [1.82, 2.24) is 0 Å². The lowest BCUT2D eigenvalue weighted by Gasteiger charge is -1.84. The van der Waals surface area contributed by atoms with Crippen LogP contribution < -0.4 is 0 Å². The van der Waals surface area contributed by atoms with Gasteiger partial charge in [-0.05, 0) is 6.92 Å². The van der Waals surface area contributed by atoms with Crippen LogP contribution in [0.3, 0.4) is 0 Å². The first-order chi connectivity index (χ1) is 3.18. The summed E-state index contributed by atoms with van der Waals surface area (Å²) in [6.45, 7) is 4.60. The maximum absolute atomic E-state index is 11.7. The lowest BCUT2D eigenvalue weighted by molar-refractivity contribution is 0.666. The predicted molar refractivity (Wildman–Crippen MR) is 29.9 cm³/mol. The van der Waals surface area contributed by atoms with Crippen molar-refractivity contribution in [1.29, 1.82) is 0 Å². The fourth-order valence-electron chi connectivity index (χ4n) is 0.157. The van der Waals surface area contributed by atoms with Gasteiger partial charge in [-0.25, -0.2) is 4.39 Å². The van der Waals surface area contributed by atoms with Crippen molar-refractivity contribution in [3.8, 4) is 0 Å². The Kier molecular flexibility index (Phi) is 2.68. The summed E-state index contributed by atoms with van der Waals surface area (Å²) in [5.41, 5.74) is 0. The molecule has 0 radical (unpaired) electrons. The zero-order valence-electron chi connectivity index (χ0n) is 4.04. The van der Waals surface area contributed by atoms with Crippen LogP contribution in [0.2, 0.25) is 0 Å². The Morgan fingerprint density at radius 1 is 1.86 bits per heavy atom.